The van der Waals surface area contributed by atoms with E-state index in [1.807, 2.05) is 46.8 Å². The molecule has 0 bridgehead atoms. The van der Waals surface area contributed by atoms with E-state index in [0.717, 1.165) is 18.3 Å². The molecule has 0 aliphatic rings. The lowest BCUT2D eigenvalue weighted by Gasteiger charge is -2.14. The van der Waals surface area contributed by atoms with Gasteiger partial charge in [-0.3, -0.25) is 4.79 Å². The van der Waals surface area contributed by atoms with Crippen molar-refractivity contribution in [3.8, 4) is 5.75 Å². The monoisotopic (exact) mass is 375 g/mol. The van der Waals surface area contributed by atoms with Crippen LogP contribution >= 0.6 is 0 Å². The number of pyridine rings is 1. The van der Waals surface area contributed by atoms with Crippen molar-refractivity contribution in [3.63, 3.8) is 0 Å². The number of nitrogens with two attached hydrogens (primary N) is 1. The number of aryl methyl sites for hydroxylation is 1. The van der Waals surface area contributed by atoms with Crippen LogP contribution in [-0.2, 0) is 4.74 Å². The van der Waals surface area contributed by atoms with Gasteiger partial charge in [-0.25, -0.2) is 9.98 Å². The number of methoxy groups -OCH3 is 1. The predicted molar refractivity (Wildman–Crippen MR) is 112 cm³/mol. The van der Waals surface area contributed by atoms with Gasteiger partial charge in [0.05, 0.1) is 11.9 Å². The summed E-state index contributed by atoms with van der Waals surface area (Å²) < 4.78 is 10.7. The van der Waals surface area contributed by atoms with Gasteiger partial charge in [0.2, 0.25) is 0 Å². The number of aliphatic imine (C=N–C) groups is 1. The second-order valence-electron chi connectivity index (χ2n) is 6.67. The van der Waals surface area contributed by atoms with Crippen LogP contribution in [-0.4, -0.2) is 36.9 Å². The number of ether oxygens (including phenoxy) is 2. The lowest BCUT2D eigenvalue weighted by molar-refractivity contribution is 0.0397. The maximum absolute atomic E-state index is 11.3. The fourth-order valence-corrected chi connectivity index (χ4v) is 1.69. The zero-order valence-corrected chi connectivity index (χ0v) is 17.6. The second kappa shape index (κ2) is 12.8. The highest BCUT2D eigenvalue weighted by Crippen LogP contribution is 2.26. The zero-order valence-electron chi connectivity index (χ0n) is 17.6. The van der Waals surface area contributed by atoms with E-state index in [1.165, 1.54) is 0 Å². The van der Waals surface area contributed by atoms with Crippen molar-refractivity contribution in [2.75, 3.05) is 13.7 Å². The number of carbonyl (C=O) groups excluding carboxylic acids is 1. The summed E-state index contributed by atoms with van der Waals surface area (Å²) in [6.45, 7) is 12.3. The topological polar surface area (TPSA) is 86.8 Å². The molecule has 0 saturated heterocycles. The Morgan fingerprint density at radius 1 is 1.37 bits per heavy atom. The van der Waals surface area contributed by atoms with E-state index in [2.05, 4.69) is 23.0 Å². The first kappa shape index (κ1) is 24.5. The number of carbonyl (C=O) groups is 1. The van der Waals surface area contributed by atoms with Gasteiger partial charge in [0.25, 0.3) is 0 Å². The molecule has 1 aromatic heterocycles. The summed E-state index contributed by atoms with van der Waals surface area (Å²) in [6.07, 6.45) is 8.79. The van der Waals surface area contributed by atoms with Crippen molar-refractivity contribution < 1.29 is 14.3 Å². The number of allylic oxidation sites excluding steroid dienone is 2. The average Bonchev–Trinajstić information content (AvgIpc) is 2.62. The first-order valence-electron chi connectivity index (χ1n) is 8.93. The third kappa shape index (κ3) is 10.3. The van der Waals surface area contributed by atoms with Gasteiger partial charge >= 0.3 is 0 Å². The Morgan fingerprint density at radius 2 is 2.00 bits per heavy atom. The molecule has 0 aliphatic carbocycles. The minimum absolute atomic E-state index is 0.0417. The molecule has 0 saturated carbocycles. The third-order valence-electron chi connectivity index (χ3n) is 3.39. The molecule has 0 aromatic carbocycles. The molecule has 0 fully saturated rings. The number of aldehydes is 1. The van der Waals surface area contributed by atoms with Gasteiger partial charge in [0, 0.05) is 18.9 Å². The number of rotatable bonds is 7. The number of nitrogens with zero attached hydrogens (tertiary/aromatic N) is 2. The van der Waals surface area contributed by atoms with Gasteiger partial charge in [0.15, 0.2) is 12.1 Å². The normalized spacial score (nSPS) is 12.2. The van der Waals surface area contributed by atoms with Crippen LogP contribution in [0, 0.1) is 6.92 Å². The summed E-state index contributed by atoms with van der Waals surface area (Å²) in [5.74, 6) is 0.732. The Hall–Kier alpha value is -2.47. The smallest absolute Gasteiger partial charge is 0.168 e. The van der Waals surface area contributed by atoms with E-state index >= 15 is 0 Å². The fourth-order valence-electron chi connectivity index (χ4n) is 1.69. The molecule has 6 nitrogen and oxygen atoms in total. The Labute approximate surface area is 163 Å². The van der Waals surface area contributed by atoms with Crippen molar-refractivity contribution in [3.05, 3.63) is 41.1 Å². The molecule has 0 radical (unpaired) electrons. The van der Waals surface area contributed by atoms with Crippen LogP contribution in [0.5, 0.6) is 5.75 Å². The Kier molecular flexibility index (Phi) is 11.6. The first-order chi connectivity index (χ1) is 12.7. The van der Waals surface area contributed by atoms with Crippen LogP contribution < -0.4 is 10.5 Å². The zero-order chi connectivity index (χ0) is 20.9. The lowest BCUT2D eigenvalue weighted by atomic mass is 10.2. The maximum atomic E-state index is 11.3. The van der Waals surface area contributed by atoms with E-state index < -0.39 is 0 Å². The van der Waals surface area contributed by atoms with Crippen LogP contribution in [0.1, 0.15) is 57.1 Å². The molecule has 27 heavy (non-hydrogen) atoms. The molecule has 1 aromatic rings. The van der Waals surface area contributed by atoms with E-state index in [4.69, 9.17) is 15.2 Å². The predicted octanol–water partition coefficient (Wildman–Crippen LogP) is 4.54. The molecule has 1 heterocycles. The SMILES string of the molecule is C/C=C(\C=C/CC)COc1cc(C)nc(N=CN)c1C=O.COC(C)(C)C. The summed E-state index contributed by atoms with van der Waals surface area (Å²) in [7, 11) is 1.71. The molecule has 0 atom stereocenters. The summed E-state index contributed by atoms with van der Waals surface area (Å²) >= 11 is 0. The summed E-state index contributed by atoms with van der Waals surface area (Å²) in [5.41, 5.74) is 7.37. The highest BCUT2D eigenvalue weighted by molar-refractivity contribution is 5.86. The maximum Gasteiger partial charge on any atom is 0.168 e. The van der Waals surface area contributed by atoms with Crippen LogP contribution in [0.15, 0.2) is 34.9 Å². The van der Waals surface area contributed by atoms with E-state index in [9.17, 15) is 4.79 Å². The third-order valence-corrected chi connectivity index (χ3v) is 3.39. The minimum atomic E-state index is 0.0417. The van der Waals surface area contributed by atoms with Crippen molar-refractivity contribution in [2.24, 2.45) is 10.7 Å². The average molecular weight is 376 g/mol. The molecule has 2 N–H and O–H groups in total. The van der Waals surface area contributed by atoms with Gasteiger partial charge in [-0.1, -0.05) is 25.2 Å². The molecule has 0 unspecified atom stereocenters. The van der Waals surface area contributed by atoms with E-state index in [1.54, 1.807) is 13.2 Å². The first-order valence-corrected chi connectivity index (χ1v) is 8.93. The number of aromatic nitrogens is 1. The van der Waals surface area contributed by atoms with Crippen LogP contribution in [0.3, 0.4) is 0 Å². The molecule has 6 heteroatoms. The number of hydrogen-bond acceptors (Lipinski definition) is 5. The van der Waals surface area contributed by atoms with Crippen LogP contribution in [0.25, 0.3) is 0 Å². The molecule has 0 aliphatic heterocycles. The summed E-state index contributed by atoms with van der Waals surface area (Å²) in [4.78, 5) is 19.3. The Balaban J connectivity index is 0.000000972. The lowest BCUT2D eigenvalue weighted by Crippen LogP contribution is -2.15. The largest absolute Gasteiger partial charge is 0.488 e. The summed E-state index contributed by atoms with van der Waals surface area (Å²) in [5, 5.41) is 0. The summed E-state index contributed by atoms with van der Waals surface area (Å²) in [6, 6.07) is 1.72. The minimum Gasteiger partial charge on any atom is -0.488 e. The Morgan fingerprint density at radius 3 is 2.44 bits per heavy atom. The Bertz CT molecular complexity index is 672. The quantitative estimate of drug-likeness (QED) is 0.327. The second-order valence-corrected chi connectivity index (χ2v) is 6.67. The van der Waals surface area contributed by atoms with Gasteiger partial charge in [0.1, 0.15) is 17.9 Å². The molecular weight excluding hydrogens is 342 g/mol. The van der Waals surface area contributed by atoms with Crippen molar-refractivity contribution in [1.82, 2.24) is 4.98 Å². The number of hydrogen-bond donors (Lipinski definition) is 1. The highest BCUT2D eigenvalue weighted by atomic mass is 16.5. The van der Waals surface area contributed by atoms with Gasteiger partial charge in [-0.15, -0.1) is 0 Å². The van der Waals surface area contributed by atoms with Crippen LogP contribution in [0.4, 0.5) is 5.82 Å². The van der Waals surface area contributed by atoms with Gasteiger partial charge < -0.3 is 15.2 Å². The standard InChI is InChI=1S/C16H21N3O2.C5H12O/c1-4-6-7-13(5-2)10-21-15-8-12(3)19-16(18-11-17)14(15)9-20;1-5(2,3)6-4/h5-9,11H,4,10H2,1-3H3,(H2,17,18,19);1-4H3/b7-6-,13-5+;. The van der Waals surface area contributed by atoms with Crippen molar-refractivity contribution in [1.29, 1.82) is 0 Å². The van der Waals surface area contributed by atoms with Crippen LogP contribution in [0.2, 0.25) is 0 Å². The molecular formula is C21H33N3O3. The van der Waals surface area contributed by atoms with Gasteiger partial charge in [-0.2, -0.15) is 0 Å². The molecule has 1 rings (SSSR count). The molecule has 150 valence electrons. The van der Waals surface area contributed by atoms with E-state index in [0.29, 0.717) is 29.9 Å². The van der Waals surface area contributed by atoms with Crippen molar-refractivity contribution >= 4 is 18.4 Å². The molecule has 0 spiro atoms. The van der Waals surface area contributed by atoms with Crippen molar-refractivity contribution in [2.45, 2.75) is 53.6 Å². The highest BCUT2D eigenvalue weighted by Gasteiger charge is 2.11. The molecule has 0 amide bonds. The fraction of sp³-hybridized carbons (Fsp3) is 0.476. The van der Waals surface area contributed by atoms with E-state index in [-0.39, 0.29) is 11.4 Å². The van der Waals surface area contributed by atoms with Gasteiger partial charge in [-0.05, 0) is 46.6 Å².